The van der Waals surface area contributed by atoms with Crippen LogP contribution in [0.4, 0.5) is 0 Å². The summed E-state index contributed by atoms with van der Waals surface area (Å²) < 4.78 is 3.94. The summed E-state index contributed by atoms with van der Waals surface area (Å²) in [7, 11) is 1.98. The lowest BCUT2D eigenvalue weighted by Gasteiger charge is -2.25. The molecule has 0 bridgehead atoms. The fraction of sp³-hybridized carbons (Fsp3) is 0.667. The Balaban J connectivity index is 0.00000261. The molecule has 9 heteroatoms. The molecular formula is C18H31IN8. The molecule has 1 aliphatic rings. The van der Waals surface area contributed by atoms with Crippen molar-refractivity contribution in [3.63, 3.8) is 0 Å². The maximum atomic E-state index is 4.75. The summed E-state index contributed by atoms with van der Waals surface area (Å²) in [6, 6.07) is 2.47. The summed E-state index contributed by atoms with van der Waals surface area (Å²) in [6.45, 7) is 4.24. The first-order chi connectivity index (χ1) is 12.7. The molecule has 0 aliphatic heterocycles. The molecule has 0 spiro atoms. The minimum atomic E-state index is 0. The van der Waals surface area contributed by atoms with E-state index in [0.29, 0.717) is 12.6 Å². The van der Waals surface area contributed by atoms with Crippen LogP contribution in [0.2, 0.25) is 0 Å². The minimum absolute atomic E-state index is 0. The molecule has 150 valence electrons. The maximum Gasteiger partial charge on any atom is 0.191 e. The number of hydrogen-bond acceptors (Lipinski definition) is 4. The maximum absolute atomic E-state index is 4.75. The van der Waals surface area contributed by atoms with Crippen LogP contribution < -0.4 is 10.6 Å². The Morgan fingerprint density at radius 2 is 2.07 bits per heavy atom. The topological polar surface area (TPSA) is 85.0 Å². The number of aryl methyl sites for hydroxylation is 2. The molecule has 8 nitrogen and oxygen atoms in total. The first-order valence-corrected chi connectivity index (χ1v) is 9.59. The monoisotopic (exact) mass is 486 g/mol. The zero-order valence-electron chi connectivity index (χ0n) is 16.3. The van der Waals surface area contributed by atoms with Gasteiger partial charge in [0, 0.05) is 38.6 Å². The summed E-state index contributed by atoms with van der Waals surface area (Å²) in [5, 5.41) is 19.6. The molecule has 1 saturated carbocycles. The quantitative estimate of drug-likeness (QED) is 0.272. The van der Waals surface area contributed by atoms with Crippen LogP contribution in [0.15, 0.2) is 23.5 Å². The number of aliphatic imine (C=N–C) groups is 1. The highest BCUT2D eigenvalue weighted by atomic mass is 127. The Bertz CT molecular complexity index is 688. The SMILES string of the molecule is Cc1nnc(CN=C(NCCCn2cccn2)NC2CCCCC2)n1C.I. The van der Waals surface area contributed by atoms with Gasteiger partial charge < -0.3 is 15.2 Å². The Morgan fingerprint density at radius 1 is 1.26 bits per heavy atom. The summed E-state index contributed by atoms with van der Waals surface area (Å²) in [6.07, 6.45) is 11.2. The van der Waals surface area contributed by atoms with Crippen molar-refractivity contribution in [2.45, 2.75) is 64.6 Å². The van der Waals surface area contributed by atoms with Crippen LogP contribution in [0, 0.1) is 6.92 Å². The molecule has 0 atom stereocenters. The molecule has 0 aromatic carbocycles. The Labute approximate surface area is 178 Å². The number of nitrogens with zero attached hydrogens (tertiary/aromatic N) is 6. The van der Waals surface area contributed by atoms with E-state index in [-0.39, 0.29) is 24.0 Å². The van der Waals surface area contributed by atoms with Crippen LogP contribution >= 0.6 is 24.0 Å². The third-order valence-electron chi connectivity index (χ3n) is 4.92. The van der Waals surface area contributed by atoms with Crippen LogP contribution in [0.25, 0.3) is 0 Å². The van der Waals surface area contributed by atoms with E-state index in [4.69, 9.17) is 4.99 Å². The van der Waals surface area contributed by atoms with Crippen LogP contribution in [0.5, 0.6) is 0 Å². The molecule has 2 aromatic rings. The van der Waals surface area contributed by atoms with E-state index in [1.165, 1.54) is 32.1 Å². The van der Waals surface area contributed by atoms with Crippen molar-refractivity contribution in [1.82, 2.24) is 35.2 Å². The third-order valence-corrected chi connectivity index (χ3v) is 4.92. The molecule has 0 saturated heterocycles. The highest BCUT2D eigenvalue weighted by molar-refractivity contribution is 14.0. The second-order valence-corrected chi connectivity index (χ2v) is 6.92. The lowest BCUT2D eigenvalue weighted by molar-refractivity contribution is 0.409. The smallest absolute Gasteiger partial charge is 0.191 e. The normalized spacial score (nSPS) is 15.4. The molecule has 2 N–H and O–H groups in total. The lowest BCUT2D eigenvalue weighted by Crippen LogP contribution is -2.44. The van der Waals surface area contributed by atoms with Crippen molar-refractivity contribution in [2.24, 2.45) is 12.0 Å². The number of hydrogen-bond donors (Lipinski definition) is 2. The number of nitrogens with one attached hydrogen (secondary N) is 2. The van der Waals surface area contributed by atoms with E-state index >= 15 is 0 Å². The summed E-state index contributed by atoms with van der Waals surface area (Å²) in [4.78, 5) is 4.75. The van der Waals surface area contributed by atoms with Gasteiger partial charge in [-0.2, -0.15) is 5.10 Å². The second kappa shape index (κ2) is 11.3. The summed E-state index contributed by atoms with van der Waals surface area (Å²) in [5.74, 6) is 2.66. The van der Waals surface area contributed by atoms with Crippen molar-refractivity contribution < 1.29 is 0 Å². The summed E-state index contributed by atoms with van der Waals surface area (Å²) >= 11 is 0. The van der Waals surface area contributed by atoms with E-state index in [2.05, 4.69) is 25.9 Å². The van der Waals surface area contributed by atoms with Crippen molar-refractivity contribution in [1.29, 1.82) is 0 Å². The third kappa shape index (κ3) is 6.78. The second-order valence-electron chi connectivity index (χ2n) is 6.92. The zero-order chi connectivity index (χ0) is 18.2. The molecular weight excluding hydrogens is 455 g/mol. The van der Waals surface area contributed by atoms with E-state index in [0.717, 1.165) is 37.1 Å². The summed E-state index contributed by atoms with van der Waals surface area (Å²) in [5.41, 5.74) is 0. The van der Waals surface area contributed by atoms with E-state index in [1.807, 2.05) is 41.7 Å². The number of guanidine groups is 1. The molecule has 3 rings (SSSR count). The van der Waals surface area contributed by atoms with Gasteiger partial charge in [0.25, 0.3) is 0 Å². The van der Waals surface area contributed by atoms with Crippen molar-refractivity contribution in [2.75, 3.05) is 6.54 Å². The molecule has 27 heavy (non-hydrogen) atoms. The van der Waals surface area contributed by atoms with Gasteiger partial charge in [0.05, 0.1) is 0 Å². The van der Waals surface area contributed by atoms with Gasteiger partial charge in [-0.3, -0.25) is 4.68 Å². The van der Waals surface area contributed by atoms with Crippen LogP contribution in [-0.4, -0.2) is 43.1 Å². The van der Waals surface area contributed by atoms with E-state index in [9.17, 15) is 0 Å². The van der Waals surface area contributed by atoms with Gasteiger partial charge in [-0.1, -0.05) is 19.3 Å². The van der Waals surface area contributed by atoms with Gasteiger partial charge in [-0.25, -0.2) is 4.99 Å². The van der Waals surface area contributed by atoms with Crippen LogP contribution in [0.3, 0.4) is 0 Å². The fourth-order valence-electron chi connectivity index (χ4n) is 3.21. The average molecular weight is 486 g/mol. The molecule has 0 unspecified atom stereocenters. The molecule has 2 heterocycles. The van der Waals surface area contributed by atoms with Gasteiger partial charge in [0.2, 0.25) is 0 Å². The average Bonchev–Trinajstić information content (AvgIpc) is 3.28. The van der Waals surface area contributed by atoms with Gasteiger partial charge in [-0.05, 0) is 32.3 Å². The Kier molecular flexibility index (Phi) is 9.02. The van der Waals surface area contributed by atoms with E-state index in [1.54, 1.807) is 0 Å². The van der Waals surface area contributed by atoms with Crippen molar-refractivity contribution in [3.8, 4) is 0 Å². The van der Waals surface area contributed by atoms with Crippen molar-refractivity contribution >= 4 is 29.9 Å². The molecule has 2 aromatic heterocycles. The van der Waals surface area contributed by atoms with E-state index < -0.39 is 0 Å². The highest BCUT2D eigenvalue weighted by Crippen LogP contribution is 2.17. The van der Waals surface area contributed by atoms with Crippen molar-refractivity contribution in [3.05, 3.63) is 30.1 Å². The standard InChI is InChI=1S/C18H30N8.HI/c1-15-23-24-17(25(15)2)14-20-18(22-16-8-4-3-5-9-16)19-10-6-12-26-13-7-11-21-26;/h7,11,13,16H,3-6,8-10,12,14H2,1-2H3,(H2,19,20,22);1H. The number of halogens is 1. The zero-order valence-corrected chi connectivity index (χ0v) is 18.6. The predicted molar refractivity (Wildman–Crippen MR) is 117 cm³/mol. The van der Waals surface area contributed by atoms with Crippen LogP contribution in [0.1, 0.15) is 50.2 Å². The van der Waals surface area contributed by atoms with Gasteiger partial charge >= 0.3 is 0 Å². The van der Waals surface area contributed by atoms with Gasteiger partial charge in [-0.15, -0.1) is 34.2 Å². The molecule has 1 aliphatic carbocycles. The largest absolute Gasteiger partial charge is 0.356 e. The molecule has 0 amide bonds. The minimum Gasteiger partial charge on any atom is -0.356 e. The Morgan fingerprint density at radius 3 is 2.74 bits per heavy atom. The number of aromatic nitrogens is 5. The first kappa shape index (κ1) is 21.6. The fourth-order valence-corrected chi connectivity index (χ4v) is 3.21. The first-order valence-electron chi connectivity index (χ1n) is 9.59. The van der Waals surface area contributed by atoms with Gasteiger partial charge in [0.1, 0.15) is 12.4 Å². The van der Waals surface area contributed by atoms with Crippen LogP contribution in [-0.2, 0) is 20.1 Å². The molecule has 1 fully saturated rings. The van der Waals surface area contributed by atoms with Gasteiger partial charge in [0.15, 0.2) is 11.8 Å². The Hall–Kier alpha value is -1.65. The lowest BCUT2D eigenvalue weighted by atomic mass is 9.96. The predicted octanol–water partition coefficient (Wildman–Crippen LogP) is 2.40. The number of rotatable bonds is 7. The molecule has 0 radical (unpaired) electrons. The highest BCUT2D eigenvalue weighted by Gasteiger charge is 2.15.